The largest absolute Gasteiger partial charge is 0.491 e. The van der Waals surface area contributed by atoms with Gasteiger partial charge in [0.2, 0.25) is 0 Å². The van der Waals surface area contributed by atoms with Crippen LogP contribution in [0.1, 0.15) is 18.5 Å². The molecule has 5 nitrogen and oxygen atoms in total. The van der Waals surface area contributed by atoms with Gasteiger partial charge in [0.15, 0.2) is 5.75 Å². The highest BCUT2D eigenvalue weighted by Crippen LogP contribution is 2.16. The number of rotatable bonds is 6. The van der Waals surface area contributed by atoms with Crippen molar-refractivity contribution < 1.29 is 14.3 Å². The zero-order valence-corrected chi connectivity index (χ0v) is 13.6. The summed E-state index contributed by atoms with van der Waals surface area (Å²) < 4.78 is 11.6. The first kappa shape index (κ1) is 16.9. The molecular formula is C17H20BNO4. The molecule has 2 aromatic rings. The van der Waals surface area contributed by atoms with Crippen molar-refractivity contribution in [3.63, 3.8) is 0 Å². The summed E-state index contributed by atoms with van der Waals surface area (Å²) in [4.78, 5) is 24.8. The lowest BCUT2D eigenvalue weighted by atomic mass is 9.94. The van der Waals surface area contributed by atoms with E-state index in [1.807, 2.05) is 32.1 Å². The van der Waals surface area contributed by atoms with Gasteiger partial charge in [-0.3, -0.25) is 9.36 Å². The first-order valence-corrected chi connectivity index (χ1v) is 7.54. The van der Waals surface area contributed by atoms with Gasteiger partial charge in [0.05, 0.1) is 13.7 Å². The van der Waals surface area contributed by atoms with Crippen LogP contribution in [0.3, 0.4) is 0 Å². The van der Waals surface area contributed by atoms with Crippen molar-refractivity contribution >= 4 is 19.3 Å². The Bertz CT molecular complexity index is 724. The van der Waals surface area contributed by atoms with Crippen molar-refractivity contribution in [2.75, 3.05) is 13.7 Å². The van der Waals surface area contributed by atoms with Gasteiger partial charge in [0, 0.05) is 12.6 Å². The van der Waals surface area contributed by atoms with Crippen LogP contribution in [-0.2, 0) is 16.0 Å². The van der Waals surface area contributed by atoms with Gasteiger partial charge in [-0.25, -0.2) is 4.79 Å². The van der Waals surface area contributed by atoms with Crippen molar-refractivity contribution in [1.29, 1.82) is 0 Å². The van der Waals surface area contributed by atoms with Gasteiger partial charge in [-0.05, 0) is 24.6 Å². The summed E-state index contributed by atoms with van der Waals surface area (Å²) in [6.07, 6.45) is 1.97. The zero-order chi connectivity index (χ0) is 16.8. The van der Waals surface area contributed by atoms with Crippen LogP contribution in [0.5, 0.6) is 5.75 Å². The Balaban J connectivity index is 2.40. The maximum absolute atomic E-state index is 12.4. The molecule has 1 heterocycles. The van der Waals surface area contributed by atoms with Crippen molar-refractivity contribution in [1.82, 2.24) is 4.57 Å². The van der Waals surface area contributed by atoms with E-state index in [2.05, 4.69) is 0 Å². The van der Waals surface area contributed by atoms with E-state index in [0.29, 0.717) is 6.42 Å². The number of esters is 1. The second-order valence-electron chi connectivity index (χ2n) is 5.25. The smallest absolute Gasteiger partial charge is 0.329 e. The summed E-state index contributed by atoms with van der Waals surface area (Å²) >= 11 is 0. The summed E-state index contributed by atoms with van der Waals surface area (Å²) in [5, 5.41) is 0. The molecule has 0 fully saturated rings. The van der Waals surface area contributed by atoms with Crippen molar-refractivity contribution in [3.8, 4) is 5.75 Å². The molecule has 2 rings (SSSR count). The lowest BCUT2D eigenvalue weighted by molar-refractivity contribution is -0.147. The first-order valence-electron chi connectivity index (χ1n) is 7.54. The van der Waals surface area contributed by atoms with E-state index in [1.165, 1.54) is 11.7 Å². The number of hydrogen-bond acceptors (Lipinski definition) is 4. The second kappa shape index (κ2) is 7.67. The maximum Gasteiger partial charge on any atom is 0.329 e. The fourth-order valence-electron chi connectivity index (χ4n) is 2.37. The summed E-state index contributed by atoms with van der Waals surface area (Å²) in [6, 6.07) is 10.4. The molecule has 0 aliphatic carbocycles. The molecule has 0 radical (unpaired) electrons. The van der Waals surface area contributed by atoms with E-state index in [1.54, 1.807) is 25.3 Å². The molecule has 120 valence electrons. The number of nitrogens with zero attached hydrogens (tertiary/aromatic N) is 1. The number of carbonyl (C=O) groups is 1. The molecule has 1 aromatic heterocycles. The van der Waals surface area contributed by atoms with Crippen LogP contribution in [0.4, 0.5) is 0 Å². The van der Waals surface area contributed by atoms with Gasteiger partial charge in [-0.2, -0.15) is 0 Å². The monoisotopic (exact) mass is 313 g/mol. The molecule has 0 saturated carbocycles. The Kier molecular flexibility index (Phi) is 5.63. The van der Waals surface area contributed by atoms with E-state index in [4.69, 9.17) is 9.47 Å². The quantitative estimate of drug-likeness (QED) is 0.574. The van der Waals surface area contributed by atoms with Gasteiger partial charge < -0.3 is 9.47 Å². The van der Waals surface area contributed by atoms with Crippen LogP contribution >= 0.6 is 0 Å². The van der Waals surface area contributed by atoms with E-state index in [0.717, 1.165) is 11.0 Å². The van der Waals surface area contributed by atoms with Crippen LogP contribution in [0, 0.1) is 0 Å². The Hall–Kier alpha value is -2.50. The predicted molar refractivity (Wildman–Crippen MR) is 91.2 cm³/mol. The maximum atomic E-state index is 12.4. The van der Waals surface area contributed by atoms with Crippen molar-refractivity contribution in [3.05, 3.63) is 58.5 Å². The first-order chi connectivity index (χ1) is 11.1. The standard InChI is InChI=1S/C17H20BNO4/c1-3-23-17(21)14(11-12-6-8-13(18)9-7-12)19-10-4-5-15(22-2)16(19)20/h4-10,14H,3,11,18H2,1-2H3. The Morgan fingerprint density at radius 1 is 1.26 bits per heavy atom. The van der Waals surface area contributed by atoms with Gasteiger partial charge in [-0.15, -0.1) is 0 Å². The van der Waals surface area contributed by atoms with Crippen LogP contribution in [0.2, 0.25) is 0 Å². The molecule has 0 spiro atoms. The number of benzene rings is 1. The molecule has 1 atom stereocenters. The highest BCUT2D eigenvalue weighted by atomic mass is 16.5. The molecule has 23 heavy (non-hydrogen) atoms. The lowest BCUT2D eigenvalue weighted by Gasteiger charge is -2.19. The minimum Gasteiger partial charge on any atom is -0.491 e. The summed E-state index contributed by atoms with van der Waals surface area (Å²) in [7, 11) is 3.43. The highest BCUT2D eigenvalue weighted by molar-refractivity contribution is 6.32. The molecule has 0 saturated heterocycles. The summed E-state index contributed by atoms with van der Waals surface area (Å²) in [5.41, 5.74) is 1.75. The Morgan fingerprint density at radius 2 is 1.96 bits per heavy atom. The zero-order valence-electron chi connectivity index (χ0n) is 13.6. The third-order valence-corrected chi connectivity index (χ3v) is 3.60. The SMILES string of the molecule is Bc1ccc(CC(C(=O)OCC)n2cccc(OC)c2=O)cc1. The average molecular weight is 313 g/mol. The number of hydrogen-bond donors (Lipinski definition) is 0. The topological polar surface area (TPSA) is 57.5 Å². The predicted octanol–water partition coefficient (Wildman–Crippen LogP) is 0.462. The fourth-order valence-corrected chi connectivity index (χ4v) is 2.37. The number of aromatic nitrogens is 1. The highest BCUT2D eigenvalue weighted by Gasteiger charge is 2.24. The second-order valence-corrected chi connectivity index (χ2v) is 5.25. The average Bonchev–Trinajstić information content (AvgIpc) is 2.55. The summed E-state index contributed by atoms with van der Waals surface area (Å²) in [6.45, 7) is 2.01. The lowest BCUT2D eigenvalue weighted by Crippen LogP contribution is -2.32. The fraction of sp³-hybridized carbons (Fsp3) is 0.294. The molecule has 0 aliphatic rings. The van der Waals surface area contributed by atoms with Gasteiger partial charge in [0.25, 0.3) is 5.56 Å². The minimum atomic E-state index is -0.722. The van der Waals surface area contributed by atoms with E-state index < -0.39 is 12.0 Å². The van der Waals surface area contributed by atoms with Crippen LogP contribution < -0.4 is 15.8 Å². The van der Waals surface area contributed by atoms with Crippen LogP contribution in [-0.4, -0.2) is 32.1 Å². The van der Waals surface area contributed by atoms with Crippen LogP contribution in [0.25, 0.3) is 0 Å². The molecule has 1 aromatic carbocycles. The van der Waals surface area contributed by atoms with Crippen molar-refractivity contribution in [2.45, 2.75) is 19.4 Å². The van der Waals surface area contributed by atoms with Crippen molar-refractivity contribution in [2.24, 2.45) is 0 Å². The number of ether oxygens (including phenoxy) is 2. The van der Waals surface area contributed by atoms with E-state index >= 15 is 0 Å². The number of pyridine rings is 1. The molecule has 1 unspecified atom stereocenters. The molecular weight excluding hydrogens is 293 g/mol. The Morgan fingerprint density at radius 3 is 2.57 bits per heavy atom. The molecule has 6 heteroatoms. The Labute approximate surface area is 136 Å². The molecule has 0 aliphatic heterocycles. The summed E-state index contributed by atoms with van der Waals surface area (Å²) in [5.74, 6) is -0.228. The third-order valence-electron chi connectivity index (χ3n) is 3.60. The van der Waals surface area contributed by atoms with Gasteiger partial charge in [0.1, 0.15) is 13.9 Å². The van der Waals surface area contributed by atoms with Gasteiger partial charge in [-0.1, -0.05) is 29.7 Å². The third kappa shape index (κ3) is 4.03. The number of methoxy groups -OCH3 is 1. The minimum absolute atomic E-state index is 0.200. The van der Waals surface area contributed by atoms with Gasteiger partial charge >= 0.3 is 5.97 Å². The van der Waals surface area contributed by atoms with E-state index in [-0.39, 0.29) is 17.9 Å². The molecule has 0 N–H and O–H groups in total. The normalized spacial score (nSPS) is 11.7. The van der Waals surface area contributed by atoms with Crippen LogP contribution in [0.15, 0.2) is 47.4 Å². The molecule has 0 amide bonds. The number of carbonyl (C=O) groups excluding carboxylic acids is 1. The molecule has 0 bridgehead atoms. The van der Waals surface area contributed by atoms with E-state index in [9.17, 15) is 9.59 Å².